The summed E-state index contributed by atoms with van der Waals surface area (Å²) >= 11 is 0. The summed E-state index contributed by atoms with van der Waals surface area (Å²) in [4.78, 5) is 11.0. The van der Waals surface area contributed by atoms with Crippen LogP contribution in [0.1, 0.15) is 25.7 Å². The Morgan fingerprint density at radius 2 is 2.05 bits per heavy atom. The van der Waals surface area contributed by atoms with E-state index in [2.05, 4.69) is 5.32 Å². The van der Waals surface area contributed by atoms with E-state index in [0.29, 0.717) is 32.0 Å². The summed E-state index contributed by atoms with van der Waals surface area (Å²) in [6.07, 6.45) is 3.45. The maximum Gasteiger partial charge on any atom is 0.307 e. The van der Waals surface area contributed by atoms with E-state index in [4.69, 9.17) is 5.11 Å². The van der Waals surface area contributed by atoms with E-state index >= 15 is 0 Å². The molecule has 3 rings (SSSR count). The molecule has 120 valence electrons. The number of hydrogen-bond donors (Lipinski definition) is 2. The van der Waals surface area contributed by atoms with Crippen LogP contribution in [0.3, 0.4) is 0 Å². The van der Waals surface area contributed by atoms with Crippen molar-refractivity contribution >= 4 is 16.2 Å². The van der Waals surface area contributed by atoms with Gasteiger partial charge in [-0.25, -0.2) is 0 Å². The molecule has 1 aliphatic carbocycles. The van der Waals surface area contributed by atoms with Crippen molar-refractivity contribution in [3.63, 3.8) is 0 Å². The fraction of sp³-hybridized carbons (Fsp3) is 0.923. The van der Waals surface area contributed by atoms with Gasteiger partial charge in [0.25, 0.3) is 10.2 Å². The average Bonchev–Trinajstić information content (AvgIpc) is 2.96. The number of rotatable bonds is 6. The summed E-state index contributed by atoms with van der Waals surface area (Å²) in [6.45, 7) is 2.56. The third-order valence-corrected chi connectivity index (χ3v) is 6.72. The van der Waals surface area contributed by atoms with Gasteiger partial charge in [-0.2, -0.15) is 17.0 Å². The molecule has 21 heavy (non-hydrogen) atoms. The van der Waals surface area contributed by atoms with Crippen LogP contribution in [-0.4, -0.2) is 66.9 Å². The van der Waals surface area contributed by atoms with Crippen LogP contribution < -0.4 is 5.32 Å². The van der Waals surface area contributed by atoms with Gasteiger partial charge in [0, 0.05) is 32.2 Å². The second kappa shape index (κ2) is 5.83. The zero-order valence-corrected chi connectivity index (χ0v) is 12.9. The minimum Gasteiger partial charge on any atom is -0.481 e. The summed E-state index contributed by atoms with van der Waals surface area (Å²) in [6, 6.07) is 0.0134. The van der Waals surface area contributed by atoms with Crippen LogP contribution in [0.15, 0.2) is 0 Å². The van der Waals surface area contributed by atoms with Crippen LogP contribution in [0, 0.1) is 11.8 Å². The Morgan fingerprint density at radius 1 is 1.29 bits per heavy atom. The van der Waals surface area contributed by atoms with Crippen LogP contribution >= 0.6 is 0 Å². The van der Waals surface area contributed by atoms with Crippen molar-refractivity contribution in [2.75, 3.05) is 32.7 Å². The van der Waals surface area contributed by atoms with E-state index in [1.807, 2.05) is 0 Å². The number of nitrogens with zero attached hydrogens (tertiary/aromatic N) is 2. The molecule has 1 saturated carbocycles. The monoisotopic (exact) mass is 317 g/mol. The molecule has 2 atom stereocenters. The summed E-state index contributed by atoms with van der Waals surface area (Å²) in [7, 11) is -3.54. The topological polar surface area (TPSA) is 90.0 Å². The molecule has 0 radical (unpaired) electrons. The van der Waals surface area contributed by atoms with E-state index in [0.717, 1.165) is 25.8 Å². The van der Waals surface area contributed by atoms with Gasteiger partial charge in [0.15, 0.2) is 0 Å². The van der Waals surface area contributed by atoms with Crippen LogP contribution in [0.25, 0.3) is 0 Å². The van der Waals surface area contributed by atoms with Gasteiger partial charge in [-0.15, -0.1) is 0 Å². The lowest BCUT2D eigenvalue weighted by Crippen LogP contribution is -2.49. The lowest BCUT2D eigenvalue weighted by Gasteiger charge is -2.31. The predicted molar refractivity (Wildman–Crippen MR) is 76.9 cm³/mol. The maximum atomic E-state index is 12.9. The van der Waals surface area contributed by atoms with Gasteiger partial charge < -0.3 is 10.4 Å². The number of carboxylic acid groups (broad SMARTS) is 1. The van der Waals surface area contributed by atoms with Crippen molar-refractivity contribution in [2.45, 2.75) is 31.7 Å². The van der Waals surface area contributed by atoms with Crippen LogP contribution in [0.4, 0.5) is 0 Å². The van der Waals surface area contributed by atoms with Crippen molar-refractivity contribution < 1.29 is 18.3 Å². The molecule has 1 unspecified atom stereocenters. The Hall–Kier alpha value is -0.700. The Kier molecular flexibility index (Phi) is 4.22. The summed E-state index contributed by atoms with van der Waals surface area (Å²) in [5.41, 5.74) is 0. The average molecular weight is 317 g/mol. The van der Waals surface area contributed by atoms with Gasteiger partial charge in [-0.1, -0.05) is 0 Å². The first-order valence-electron chi connectivity index (χ1n) is 7.69. The van der Waals surface area contributed by atoms with Crippen molar-refractivity contribution in [3.8, 4) is 0 Å². The van der Waals surface area contributed by atoms with Gasteiger partial charge in [-0.3, -0.25) is 4.79 Å². The molecular weight excluding hydrogens is 294 g/mol. The summed E-state index contributed by atoms with van der Waals surface area (Å²) < 4.78 is 28.8. The lowest BCUT2D eigenvalue weighted by atomic mass is 10.1. The maximum absolute atomic E-state index is 12.9. The number of carbonyl (C=O) groups is 1. The Morgan fingerprint density at radius 3 is 2.57 bits per heavy atom. The highest BCUT2D eigenvalue weighted by molar-refractivity contribution is 7.86. The number of nitrogens with one attached hydrogen (secondary N) is 1. The van der Waals surface area contributed by atoms with E-state index in [9.17, 15) is 13.2 Å². The first-order valence-corrected chi connectivity index (χ1v) is 9.08. The van der Waals surface area contributed by atoms with E-state index in [1.54, 1.807) is 4.31 Å². The van der Waals surface area contributed by atoms with Crippen LogP contribution in [-0.2, 0) is 15.0 Å². The highest BCUT2D eigenvalue weighted by Gasteiger charge is 2.43. The second-order valence-electron chi connectivity index (χ2n) is 6.35. The fourth-order valence-corrected chi connectivity index (χ4v) is 5.12. The first-order chi connectivity index (χ1) is 9.98. The zero-order valence-electron chi connectivity index (χ0n) is 12.1. The van der Waals surface area contributed by atoms with Crippen LogP contribution in [0.2, 0.25) is 0 Å². The normalized spacial score (nSPS) is 31.1. The van der Waals surface area contributed by atoms with Crippen LogP contribution in [0.5, 0.6) is 0 Å². The molecule has 0 spiro atoms. The van der Waals surface area contributed by atoms with Gasteiger partial charge in [0.1, 0.15) is 0 Å². The van der Waals surface area contributed by atoms with E-state index < -0.39 is 22.1 Å². The number of carboxylic acids is 1. The van der Waals surface area contributed by atoms with Gasteiger partial charge in [-0.05, 0) is 38.1 Å². The van der Waals surface area contributed by atoms with E-state index in [-0.39, 0.29) is 12.6 Å². The largest absolute Gasteiger partial charge is 0.481 e. The molecule has 0 aromatic heterocycles. The SMILES string of the molecule is O=C(O)C1CCN(S(=O)(=O)N(CC2CC2)[C@H]2CCNC2)C1. The Labute approximate surface area is 125 Å². The molecule has 0 aromatic carbocycles. The highest BCUT2D eigenvalue weighted by Crippen LogP contribution is 2.33. The third-order valence-electron chi connectivity index (χ3n) is 4.70. The van der Waals surface area contributed by atoms with Gasteiger partial charge in [0.2, 0.25) is 0 Å². The van der Waals surface area contributed by atoms with Crippen molar-refractivity contribution in [3.05, 3.63) is 0 Å². The van der Waals surface area contributed by atoms with Crippen molar-refractivity contribution in [1.29, 1.82) is 0 Å². The standard InChI is InChI=1S/C13H23N3O4S/c17-13(18)11-4-6-15(9-11)21(19,20)16(8-10-1-2-10)12-3-5-14-7-12/h10-12,14H,1-9H2,(H,17,18)/t11?,12-/m0/s1. The highest BCUT2D eigenvalue weighted by atomic mass is 32.2. The Bertz CT molecular complexity index is 500. The van der Waals surface area contributed by atoms with Crippen molar-refractivity contribution in [1.82, 2.24) is 13.9 Å². The quantitative estimate of drug-likeness (QED) is 0.703. The molecule has 0 aromatic rings. The molecule has 2 N–H and O–H groups in total. The fourth-order valence-electron chi connectivity index (χ4n) is 3.16. The molecular formula is C13H23N3O4S. The van der Waals surface area contributed by atoms with E-state index in [1.165, 1.54) is 4.31 Å². The summed E-state index contributed by atoms with van der Waals surface area (Å²) in [5, 5.41) is 12.3. The minimum absolute atomic E-state index is 0.0134. The summed E-state index contributed by atoms with van der Waals surface area (Å²) in [5.74, 6) is -0.980. The lowest BCUT2D eigenvalue weighted by molar-refractivity contribution is -0.141. The molecule has 3 fully saturated rings. The molecule has 8 heteroatoms. The van der Waals surface area contributed by atoms with Crippen molar-refractivity contribution in [2.24, 2.45) is 11.8 Å². The minimum atomic E-state index is -3.54. The Balaban J connectivity index is 1.74. The molecule has 7 nitrogen and oxygen atoms in total. The molecule has 0 amide bonds. The molecule has 0 bridgehead atoms. The first kappa shape index (κ1) is 15.2. The molecule has 2 saturated heterocycles. The molecule has 2 heterocycles. The molecule has 3 aliphatic rings. The third kappa shape index (κ3) is 3.23. The predicted octanol–water partition coefficient (Wildman–Crippen LogP) is -0.288. The van der Waals surface area contributed by atoms with Gasteiger partial charge >= 0.3 is 5.97 Å². The number of aliphatic carboxylic acids is 1. The smallest absolute Gasteiger partial charge is 0.307 e. The van der Waals surface area contributed by atoms with Gasteiger partial charge in [0.05, 0.1) is 5.92 Å². The second-order valence-corrected chi connectivity index (χ2v) is 8.23. The zero-order chi connectivity index (χ0) is 15.0. The number of hydrogen-bond acceptors (Lipinski definition) is 4. The molecule has 2 aliphatic heterocycles.